The SMILES string of the molecule is CNC1CCN(C(=O)CCOc2ccccc2-c2ccccc2)CC1.Cl. The molecule has 0 aliphatic carbocycles. The second kappa shape index (κ2) is 10.2. The first-order valence-electron chi connectivity index (χ1n) is 9.00. The van der Waals surface area contributed by atoms with Crippen LogP contribution in [0.1, 0.15) is 19.3 Å². The van der Waals surface area contributed by atoms with Gasteiger partial charge in [-0.2, -0.15) is 0 Å². The van der Waals surface area contributed by atoms with Crippen LogP contribution in [0.2, 0.25) is 0 Å². The normalized spacial score (nSPS) is 14.6. The molecule has 1 saturated heterocycles. The van der Waals surface area contributed by atoms with Crippen LogP contribution in [0.3, 0.4) is 0 Å². The van der Waals surface area contributed by atoms with Gasteiger partial charge in [-0.05, 0) is 31.5 Å². The van der Waals surface area contributed by atoms with Gasteiger partial charge >= 0.3 is 0 Å². The van der Waals surface area contributed by atoms with Gasteiger partial charge in [-0.1, -0.05) is 48.5 Å². The van der Waals surface area contributed by atoms with Crippen molar-refractivity contribution in [2.24, 2.45) is 0 Å². The fourth-order valence-corrected chi connectivity index (χ4v) is 3.27. The number of nitrogens with one attached hydrogen (secondary N) is 1. The topological polar surface area (TPSA) is 41.6 Å². The van der Waals surface area contributed by atoms with Crippen molar-refractivity contribution in [1.82, 2.24) is 10.2 Å². The number of benzene rings is 2. The van der Waals surface area contributed by atoms with Gasteiger partial charge in [0.1, 0.15) is 5.75 Å². The van der Waals surface area contributed by atoms with Gasteiger partial charge in [0.2, 0.25) is 5.91 Å². The molecule has 0 radical (unpaired) electrons. The van der Waals surface area contributed by atoms with Gasteiger partial charge in [0, 0.05) is 24.7 Å². The molecule has 0 spiro atoms. The summed E-state index contributed by atoms with van der Waals surface area (Å²) in [6.07, 6.45) is 2.48. The van der Waals surface area contributed by atoms with Gasteiger partial charge in [0.05, 0.1) is 13.0 Å². The average molecular weight is 375 g/mol. The number of carbonyl (C=O) groups excluding carboxylic acids is 1. The first-order valence-corrected chi connectivity index (χ1v) is 9.00. The van der Waals surface area contributed by atoms with E-state index in [4.69, 9.17) is 4.74 Å². The fraction of sp³-hybridized carbons (Fsp3) is 0.381. The number of halogens is 1. The molecule has 1 fully saturated rings. The van der Waals surface area contributed by atoms with E-state index in [2.05, 4.69) is 23.5 Å². The van der Waals surface area contributed by atoms with Crippen molar-refractivity contribution < 1.29 is 9.53 Å². The number of ether oxygens (including phenoxy) is 1. The van der Waals surface area contributed by atoms with Crippen LogP contribution in [-0.2, 0) is 4.79 Å². The fourth-order valence-electron chi connectivity index (χ4n) is 3.27. The van der Waals surface area contributed by atoms with E-state index in [1.165, 1.54) is 0 Å². The van der Waals surface area contributed by atoms with E-state index in [1.807, 2.05) is 48.3 Å². The molecular formula is C21H27ClN2O2. The Morgan fingerprint density at radius 3 is 2.42 bits per heavy atom. The lowest BCUT2D eigenvalue weighted by atomic mass is 10.0. The number of hydrogen-bond acceptors (Lipinski definition) is 3. The van der Waals surface area contributed by atoms with Gasteiger partial charge in [0.25, 0.3) is 0 Å². The Morgan fingerprint density at radius 2 is 1.73 bits per heavy atom. The number of hydrogen-bond donors (Lipinski definition) is 1. The van der Waals surface area contributed by atoms with Gasteiger partial charge < -0.3 is 15.0 Å². The summed E-state index contributed by atoms with van der Waals surface area (Å²) in [7, 11) is 1.99. The predicted octanol–water partition coefficient (Wildman–Crippen LogP) is 3.75. The molecule has 5 heteroatoms. The third kappa shape index (κ3) is 5.23. The van der Waals surface area contributed by atoms with Crippen LogP contribution < -0.4 is 10.1 Å². The van der Waals surface area contributed by atoms with Gasteiger partial charge in [-0.25, -0.2) is 0 Å². The monoisotopic (exact) mass is 374 g/mol. The van der Waals surface area contributed by atoms with E-state index in [1.54, 1.807) is 0 Å². The molecule has 0 unspecified atom stereocenters. The van der Waals surface area contributed by atoms with Crippen molar-refractivity contribution >= 4 is 18.3 Å². The highest BCUT2D eigenvalue weighted by Gasteiger charge is 2.21. The van der Waals surface area contributed by atoms with Crippen LogP contribution in [0.4, 0.5) is 0 Å². The van der Waals surface area contributed by atoms with E-state index in [9.17, 15) is 4.79 Å². The van der Waals surface area contributed by atoms with E-state index in [0.717, 1.165) is 42.8 Å². The molecule has 26 heavy (non-hydrogen) atoms. The number of likely N-dealkylation sites (tertiary alicyclic amines) is 1. The Hall–Kier alpha value is -2.04. The molecule has 1 amide bonds. The van der Waals surface area contributed by atoms with Crippen molar-refractivity contribution in [2.75, 3.05) is 26.7 Å². The number of piperidine rings is 1. The van der Waals surface area contributed by atoms with Crippen molar-refractivity contribution in [1.29, 1.82) is 0 Å². The van der Waals surface area contributed by atoms with Crippen LogP contribution in [0.5, 0.6) is 5.75 Å². The highest BCUT2D eigenvalue weighted by atomic mass is 35.5. The molecule has 1 aliphatic rings. The van der Waals surface area contributed by atoms with Crippen molar-refractivity contribution in [3.63, 3.8) is 0 Å². The average Bonchev–Trinajstić information content (AvgIpc) is 2.69. The maximum absolute atomic E-state index is 12.4. The first-order chi connectivity index (χ1) is 12.3. The maximum Gasteiger partial charge on any atom is 0.225 e. The lowest BCUT2D eigenvalue weighted by Gasteiger charge is -2.31. The zero-order valence-corrected chi connectivity index (χ0v) is 16.0. The number of rotatable bonds is 6. The summed E-state index contributed by atoms with van der Waals surface area (Å²) in [5.41, 5.74) is 2.18. The summed E-state index contributed by atoms with van der Waals surface area (Å²) >= 11 is 0. The summed E-state index contributed by atoms with van der Waals surface area (Å²) in [5, 5.41) is 3.29. The predicted molar refractivity (Wildman–Crippen MR) is 108 cm³/mol. The Labute approximate surface area is 162 Å². The maximum atomic E-state index is 12.4. The van der Waals surface area contributed by atoms with Crippen LogP contribution in [0, 0.1) is 0 Å². The quantitative estimate of drug-likeness (QED) is 0.837. The summed E-state index contributed by atoms with van der Waals surface area (Å²) in [6.45, 7) is 2.09. The number of amides is 1. The number of para-hydroxylation sites is 1. The van der Waals surface area contributed by atoms with E-state index >= 15 is 0 Å². The molecule has 1 aliphatic heterocycles. The van der Waals surface area contributed by atoms with E-state index < -0.39 is 0 Å². The second-order valence-corrected chi connectivity index (χ2v) is 6.40. The Kier molecular flexibility index (Phi) is 7.95. The lowest BCUT2D eigenvalue weighted by Crippen LogP contribution is -2.44. The molecule has 0 bridgehead atoms. The second-order valence-electron chi connectivity index (χ2n) is 6.40. The molecule has 0 aromatic heterocycles. The summed E-state index contributed by atoms with van der Waals surface area (Å²) < 4.78 is 5.94. The van der Waals surface area contributed by atoms with Crippen molar-refractivity contribution in [2.45, 2.75) is 25.3 Å². The Bertz CT molecular complexity index is 685. The highest BCUT2D eigenvalue weighted by Crippen LogP contribution is 2.29. The molecule has 4 nitrogen and oxygen atoms in total. The van der Waals surface area contributed by atoms with E-state index in [-0.39, 0.29) is 18.3 Å². The highest BCUT2D eigenvalue weighted by molar-refractivity contribution is 5.85. The van der Waals surface area contributed by atoms with Crippen LogP contribution in [0.25, 0.3) is 11.1 Å². The minimum absolute atomic E-state index is 0. The first kappa shape index (κ1) is 20.3. The van der Waals surface area contributed by atoms with E-state index in [0.29, 0.717) is 19.1 Å². The molecule has 0 atom stereocenters. The minimum atomic E-state index is 0. The molecule has 140 valence electrons. The van der Waals surface area contributed by atoms with Crippen LogP contribution in [0.15, 0.2) is 54.6 Å². The largest absolute Gasteiger partial charge is 0.492 e. The van der Waals surface area contributed by atoms with Crippen LogP contribution >= 0.6 is 12.4 Å². The molecule has 2 aromatic carbocycles. The zero-order chi connectivity index (χ0) is 17.5. The molecule has 1 N–H and O–H groups in total. The van der Waals surface area contributed by atoms with Gasteiger partial charge in [-0.15, -0.1) is 12.4 Å². The third-order valence-electron chi connectivity index (χ3n) is 4.80. The summed E-state index contributed by atoms with van der Waals surface area (Å²) in [6, 6.07) is 18.7. The molecule has 1 heterocycles. The summed E-state index contributed by atoms with van der Waals surface area (Å²) in [5.74, 6) is 1.02. The molecule has 3 rings (SSSR count). The molecule has 2 aromatic rings. The Morgan fingerprint density at radius 1 is 1.08 bits per heavy atom. The van der Waals surface area contributed by atoms with Crippen molar-refractivity contribution in [3.05, 3.63) is 54.6 Å². The van der Waals surface area contributed by atoms with Gasteiger partial charge in [-0.3, -0.25) is 4.79 Å². The van der Waals surface area contributed by atoms with Gasteiger partial charge in [0.15, 0.2) is 0 Å². The Balaban J connectivity index is 0.00000243. The standard InChI is InChI=1S/C21H26N2O2.ClH/c1-22-18-11-14-23(15-12-18)21(24)13-16-25-20-10-6-5-9-19(20)17-7-3-2-4-8-17;/h2-10,18,22H,11-16H2,1H3;1H. The number of nitrogens with zero attached hydrogens (tertiary/aromatic N) is 1. The summed E-state index contributed by atoms with van der Waals surface area (Å²) in [4.78, 5) is 14.3. The zero-order valence-electron chi connectivity index (χ0n) is 15.2. The minimum Gasteiger partial charge on any atom is -0.492 e. The van der Waals surface area contributed by atoms with Crippen LogP contribution in [-0.4, -0.2) is 43.6 Å². The molecular weight excluding hydrogens is 348 g/mol. The smallest absolute Gasteiger partial charge is 0.225 e. The third-order valence-corrected chi connectivity index (χ3v) is 4.80. The number of carbonyl (C=O) groups is 1. The molecule has 0 saturated carbocycles. The van der Waals surface area contributed by atoms with Crippen molar-refractivity contribution in [3.8, 4) is 16.9 Å². The lowest BCUT2D eigenvalue weighted by molar-refractivity contribution is -0.132.